The standard InChI is InChI=1S/C18H21NO/c19-16-8-11-18(13-16)20-17-9-6-15(7-10-17)12-14-4-2-1-3-5-14/h1-7,9-10,16,18H,8,11-13,19H2. The maximum absolute atomic E-state index is 5.97. The summed E-state index contributed by atoms with van der Waals surface area (Å²) < 4.78 is 5.97. The fourth-order valence-corrected chi connectivity index (χ4v) is 2.79. The Kier molecular flexibility index (Phi) is 4.03. The van der Waals surface area contributed by atoms with Gasteiger partial charge in [-0.1, -0.05) is 42.5 Å². The fourth-order valence-electron chi connectivity index (χ4n) is 2.79. The van der Waals surface area contributed by atoms with Gasteiger partial charge < -0.3 is 10.5 Å². The Morgan fingerprint density at radius 1 is 0.900 bits per heavy atom. The molecule has 1 saturated carbocycles. The van der Waals surface area contributed by atoms with Crippen LogP contribution < -0.4 is 10.5 Å². The van der Waals surface area contributed by atoms with Crippen LogP contribution in [0, 0.1) is 0 Å². The van der Waals surface area contributed by atoms with Gasteiger partial charge in [0.25, 0.3) is 0 Å². The molecule has 104 valence electrons. The molecule has 2 nitrogen and oxygen atoms in total. The van der Waals surface area contributed by atoms with Crippen molar-refractivity contribution in [2.75, 3.05) is 0 Å². The van der Waals surface area contributed by atoms with Crippen LogP contribution in [0.5, 0.6) is 5.75 Å². The van der Waals surface area contributed by atoms with E-state index in [9.17, 15) is 0 Å². The van der Waals surface area contributed by atoms with Gasteiger partial charge in [-0.25, -0.2) is 0 Å². The van der Waals surface area contributed by atoms with Crippen molar-refractivity contribution >= 4 is 0 Å². The fraction of sp³-hybridized carbons (Fsp3) is 0.333. The Morgan fingerprint density at radius 3 is 2.25 bits per heavy atom. The normalized spacial score (nSPS) is 21.9. The number of nitrogens with two attached hydrogens (primary N) is 1. The van der Waals surface area contributed by atoms with Crippen molar-refractivity contribution in [1.82, 2.24) is 0 Å². The first kappa shape index (κ1) is 13.2. The molecule has 3 rings (SSSR count). The van der Waals surface area contributed by atoms with Crippen LogP contribution >= 0.6 is 0 Å². The highest BCUT2D eigenvalue weighted by Crippen LogP contribution is 2.24. The highest BCUT2D eigenvalue weighted by atomic mass is 16.5. The molecule has 0 aromatic heterocycles. The maximum Gasteiger partial charge on any atom is 0.119 e. The zero-order valence-corrected chi connectivity index (χ0v) is 11.7. The zero-order valence-electron chi connectivity index (χ0n) is 11.7. The van der Waals surface area contributed by atoms with Gasteiger partial charge in [-0.2, -0.15) is 0 Å². The van der Waals surface area contributed by atoms with E-state index in [0.717, 1.165) is 31.4 Å². The molecule has 2 N–H and O–H groups in total. The van der Waals surface area contributed by atoms with E-state index in [2.05, 4.69) is 48.5 Å². The Bertz CT molecular complexity index is 535. The summed E-state index contributed by atoms with van der Waals surface area (Å²) >= 11 is 0. The third-order valence-corrected chi connectivity index (χ3v) is 3.90. The number of benzene rings is 2. The van der Waals surface area contributed by atoms with Crippen LogP contribution in [0.2, 0.25) is 0 Å². The van der Waals surface area contributed by atoms with Gasteiger partial charge in [0.05, 0.1) is 0 Å². The molecule has 2 heteroatoms. The molecule has 2 aromatic rings. The first-order valence-corrected chi connectivity index (χ1v) is 7.35. The highest BCUT2D eigenvalue weighted by Gasteiger charge is 2.22. The molecule has 0 saturated heterocycles. The molecule has 0 radical (unpaired) electrons. The highest BCUT2D eigenvalue weighted by molar-refractivity contribution is 5.31. The van der Waals surface area contributed by atoms with Crippen molar-refractivity contribution in [3.8, 4) is 5.75 Å². The van der Waals surface area contributed by atoms with E-state index >= 15 is 0 Å². The van der Waals surface area contributed by atoms with Crippen molar-refractivity contribution in [2.24, 2.45) is 5.73 Å². The summed E-state index contributed by atoms with van der Waals surface area (Å²) in [7, 11) is 0. The van der Waals surface area contributed by atoms with Crippen LogP contribution in [0.4, 0.5) is 0 Å². The van der Waals surface area contributed by atoms with E-state index in [1.807, 2.05) is 6.07 Å². The molecular weight excluding hydrogens is 246 g/mol. The van der Waals surface area contributed by atoms with E-state index in [4.69, 9.17) is 10.5 Å². The molecule has 20 heavy (non-hydrogen) atoms. The average Bonchev–Trinajstić information content (AvgIpc) is 2.88. The Labute approximate surface area is 120 Å². The minimum atomic E-state index is 0.296. The summed E-state index contributed by atoms with van der Waals surface area (Å²) in [6.45, 7) is 0. The smallest absolute Gasteiger partial charge is 0.119 e. The Balaban J connectivity index is 1.60. The Morgan fingerprint density at radius 2 is 1.60 bits per heavy atom. The Hall–Kier alpha value is -1.80. The topological polar surface area (TPSA) is 35.2 Å². The summed E-state index contributed by atoms with van der Waals surface area (Å²) in [5.74, 6) is 0.959. The van der Waals surface area contributed by atoms with Crippen LogP contribution in [0.15, 0.2) is 54.6 Å². The van der Waals surface area contributed by atoms with Crippen LogP contribution in [-0.4, -0.2) is 12.1 Å². The van der Waals surface area contributed by atoms with Gasteiger partial charge in [-0.3, -0.25) is 0 Å². The largest absolute Gasteiger partial charge is 0.490 e. The van der Waals surface area contributed by atoms with Crippen LogP contribution in [-0.2, 0) is 6.42 Å². The van der Waals surface area contributed by atoms with Crippen LogP contribution in [0.1, 0.15) is 30.4 Å². The second-order valence-corrected chi connectivity index (χ2v) is 5.62. The summed E-state index contributed by atoms with van der Waals surface area (Å²) in [6, 6.07) is 19.3. The minimum absolute atomic E-state index is 0.296. The molecule has 0 heterocycles. The molecular formula is C18H21NO. The summed E-state index contributed by atoms with van der Waals surface area (Å²) in [4.78, 5) is 0. The molecule has 1 fully saturated rings. The van der Waals surface area contributed by atoms with Crippen molar-refractivity contribution < 1.29 is 4.74 Å². The molecule has 0 amide bonds. The lowest BCUT2D eigenvalue weighted by molar-refractivity contribution is 0.208. The number of hydrogen-bond acceptors (Lipinski definition) is 2. The van der Waals surface area contributed by atoms with Crippen molar-refractivity contribution in [2.45, 2.75) is 37.8 Å². The van der Waals surface area contributed by atoms with Gasteiger partial charge in [0.1, 0.15) is 11.9 Å². The van der Waals surface area contributed by atoms with Gasteiger partial charge in [-0.15, -0.1) is 0 Å². The molecule has 1 aliphatic carbocycles. The lowest BCUT2D eigenvalue weighted by atomic mass is 10.1. The predicted molar refractivity (Wildman–Crippen MR) is 81.9 cm³/mol. The maximum atomic E-state index is 5.97. The second-order valence-electron chi connectivity index (χ2n) is 5.62. The second kappa shape index (κ2) is 6.10. The SMILES string of the molecule is NC1CCC(Oc2ccc(Cc3ccccc3)cc2)C1. The van der Waals surface area contributed by atoms with E-state index in [1.165, 1.54) is 11.1 Å². The monoisotopic (exact) mass is 267 g/mol. The van der Waals surface area contributed by atoms with E-state index < -0.39 is 0 Å². The molecule has 2 aromatic carbocycles. The van der Waals surface area contributed by atoms with Crippen molar-refractivity contribution in [3.05, 3.63) is 65.7 Å². The number of hydrogen-bond donors (Lipinski definition) is 1. The first-order valence-electron chi connectivity index (χ1n) is 7.35. The number of ether oxygens (including phenoxy) is 1. The van der Waals surface area contributed by atoms with Gasteiger partial charge in [0.2, 0.25) is 0 Å². The summed E-state index contributed by atoms with van der Waals surface area (Å²) in [5.41, 5.74) is 8.56. The van der Waals surface area contributed by atoms with Gasteiger partial charge in [-0.05, 0) is 48.9 Å². The van der Waals surface area contributed by atoms with E-state index in [0.29, 0.717) is 12.1 Å². The molecule has 0 spiro atoms. The third-order valence-electron chi connectivity index (χ3n) is 3.90. The molecule has 0 bridgehead atoms. The summed E-state index contributed by atoms with van der Waals surface area (Å²) in [6.07, 6.45) is 4.40. The van der Waals surface area contributed by atoms with Crippen molar-refractivity contribution in [1.29, 1.82) is 0 Å². The van der Waals surface area contributed by atoms with Crippen LogP contribution in [0.25, 0.3) is 0 Å². The molecule has 2 atom stereocenters. The number of rotatable bonds is 4. The summed E-state index contributed by atoms with van der Waals surface area (Å²) in [5, 5.41) is 0. The molecule has 0 aliphatic heterocycles. The van der Waals surface area contributed by atoms with Crippen molar-refractivity contribution in [3.63, 3.8) is 0 Å². The van der Waals surface area contributed by atoms with E-state index in [-0.39, 0.29) is 0 Å². The minimum Gasteiger partial charge on any atom is -0.490 e. The average molecular weight is 267 g/mol. The molecule has 1 aliphatic rings. The quantitative estimate of drug-likeness (QED) is 0.919. The molecule has 2 unspecified atom stereocenters. The zero-order chi connectivity index (χ0) is 13.8. The lowest BCUT2D eigenvalue weighted by Crippen LogP contribution is -2.19. The lowest BCUT2D eigenvalue weighted by Gasteiger charge is -2.13. The van der Waals surface area contributed by atoms with Gasteiger partial charge >= 0.3 is 0 Å². The predicted octanol–water partition coefficient (Wildman–Crippen LogP) is 3.54. The van der Waals surface area contributed by atoms with Gasteiger partial charge in [0, 0.05) is 6.04 Å². The van der Waals surface area contributed by atoms with Crippen LogP contribution in [0.3, 0.4) is 0 Å². The van der Waals surface area contributed by atoms with E-state index in [1.54, 1.807) is 0 Å². The third kappa shape index (κ3) is 3.40. The van der Waals surface area contributed by atoms with Gasteiger partial charge in [0.15, 0.2) is 0 Å². The first-order chi connectivity index (χ1) is 9.79.